The normalized spacial score (nSPS) is 28.1. The van der Waals surface area contributed by atoms with Gasteiger partial charge in [0.15, 0.2) is 0 Å². The van der Waals surface area contributed by atoms with Crippen molar-refractivity contribution in [3.63, 3.8) is 0 Å². The van der Waals surface area contributed by atoms with Crippen LogP contribution in [0.5, 0.6) is 0 Å². The number of halogens is 2. The van der Waals surface area contributed by atoms with Gasteiger partial charge in [0.05, 0.1) is 0 Å². The Labute approximate surface area is 102 Å². The van der Waals surface area contributed by atoms with E-state index in [-0.39, 0.29) is 5.41 Å². The summed E-state index contributed by atoms with van der Waals surface area (Å²) in [6.07, 6.45) is 0.851. The summed E-state index contributed by atoms with van der Waals surface area (Å²) in [7, 11) is 0. The van der Waals surface area contributed by atoms with Crippen molar-refractivity contribution in [1.29, 1.82) is 0 Å². The van der Waals surface area contributed by atoms with E-state index in [9.17, 15) is 0 Å². The minimum absolute atomic E-state index is 0.0500. The van der Waals surface area contributed by atoms with Crippen molar-refractivity contribution in [2.24, 2.45) is 0 Å². The summed E-state index contributed by atoms with van der Waals surface area (Å²) in [6, 6.07) is 8.66. The average molecular weight is 243 g/mol. The zero-order valence-corrected chi connectivity index (χ0v) is 10.9. The Morgan fingerprint density at radius 2 is 1.60 bits per heavy atom. The molecule has 0 bridgehead atoms. The van der Waals surface area contributed by atoms with Crippen molar-refractivity contribution in [1.82, 2.24) is 0 Å². The molecule has 0 aromatic heterocycles. The van der Waals surface area contributed by atoms with Crippen molar-refractivity contribution in [2.45, 2.75) is 42.9 Å². The lowest BCUT2D eigenvalue weighted by molar-refractivity contribution is 0.770. The first-order chi connectivity index (χ1) is 6.87. The monoisotopic (exact) mass is 242 g/mol. The van der Waals surface area contributed by atoms with E-state index in [2.05, 4.69) is 45.0 Å². The zero-order valence-electron chi connectivity index (χ0n) is 9.35. The van der Waals surface area contributed by atoms with Crippen LogP contribution in [0.3, 0.4) is 0 Å². The fraction of sp³-hybridized carbons (Fsp3) is 0.538. The van der Waals surface area contributed by atoms with E-state index in [1.807, 2.05) is 0 Å². The third-order valence-corrected chi connectivity index (χ3v) is 4.57. The molecule has 0 heterocycles. The molecule has 1 aromatic rings. The minimum atomic E-state index is -0.563. The molecule has 1 saturated carbocycles. The molecule has 1 aliphatic rings. The smallest absolute Gasteiger partial charge is 0.101 e. The second-order valence-corrected chi connectivity index (χ2v) is 6.47. The standard InChI is InChI=1S/C13H16Cl2/c1-9(2)10-4-6-11(7-5-10)12(3)8-13(12,14)15/h4-7,9H,8H2,1-3H3/t12-/m1/s1. The first-order valence-corrected chi connectivity index (χ1v) is 6.11. The largest absolute Gasteiger partial charge is 0.128 e. The number of alkyl halides is 2. The van der Waals surface area contributed by atoms with Crippen LogP contribution in [0, 0.1) is 0 Å². The number of benzene rings is 1. The lowest BCUT2D eigenvalue weighted by atomic mass is 9.94. The Hall–Kier alpha value is -0.200. The average Bonchev–Trinajstić information content (AvgIpc) is 2.67. The summed E-state index contributed by atoms with van der Waals surface area (Å²) < 4.78 is -0.563. The van der Waals surface area contributed by atoms with Gasteiger partial charge in [-0.1, -0.05) is 45.0 Å². The van der Waals surface area contributed by atoms with Crippen LogP contribution in [-0.2, 0) is 5.41 Å². The third kappa shape index (κ3) is 1.79. The number of hydrogen-bond donors (Lipinski definition) is 0. The van der Waals surface area contributed by atoms with E-state index in [0.29, 0.717) is 5.92 Å². The topological polar surface area (TPSA) is 0 Å². The Morgan fingerprint density at radius 1 is 1.13 bits per heavy atom. The van der Waals surface area contributed by atoms with E-state index in [1.54, 1.807) is 0 Å². The molecule has 0 aliphatic heterocycles. The molecule has 0 saturated heterocycles. The van der Waals surface area contributed by atoms with Gasteiger partial charge in [-0.15, -0.1) is 23.2 Å². The Morgan fingerprint density at radius 3 is 1.93 bits per heavy atom. The summed E-state index contributed by atoms with van der Waals surface area (Å²) >= 11 is 12.3. The van der Waals surface area contributed by atoms with Crippen LogP contribution in [0.4, 0.5) is 0 Å². The number of rotatable bonds is 2. The highest BCUT2D eigenvalue weighted by atomic mass is 35.5. The Balaban J connectivity index is 2.26. The second kappa shape index (κ2) is 3.40. The third-order valence-electron chi connectivity index (χ3n) is 3.47. The fourth-order valence-electron chi connectivity index (χ4n) is 1.95. The van der Waals surface area contributed by atoms with E-state index >= 15 is 0 Å². The summed E-state index contributed by atoms with van der Waals surface area (Å²) in [5.74, 6) is 0.572. The molecule has 0 amide bonds. The highest BCUT2D eigenvalue weighted by molar-refractivity contribution is 6.52. The quantitative estimate of drug-likeness (QED) is 0.663. The van der Waals surface area contributed by atoms with Gasteiger partial charge in [0.25, 0.3) is 0 Å². The molecular formula is C13H16Cl2. The predicted octanol–water partition coefficient (Wildman–Crippen LogP) is 4.65. The molecule has 0 radical (unpaired) electrons. The van der Waals surface area contributed by atoms with Crippen molar-refractivity contribution in [3.8, 4) is 0 Å². The second-order valence-electron chi connectivity index (χ2n) is 4.99. The SMILES string of the molecule is CC(C)c1ccc([C@@]2(C)CC2(Cl)Cl)cc1. The van der Waals surface area contributed by atoms with Crippen LogP contribution < -0.4 is 0 Å². The highest BCUT2D eigenvalue weighted by Gasteiger charge is 2.63. The summed E-state index contributed by atoms with van der Waals surface area (Å²) in [4.78, 5) is 0. The van der Waals surface area contributed by atoms with Gasteiger partial charge >= 0.3 is 0 Å². The van der Waals surface area contributed by atoms with Crippen LogP contribution in [-0.4, -0.2) is 4.33 Å². The maximum atomic E-state index is 6.15. The van der Waals surface area contributed by atoms with Gasteiger partial charge in [-0.3, -0.25) is 0 Å². The van der Waals surface area contributed by atoms with E-state index in [4.69, 9.17) is 23.2 Å². The highest BCUT2D eigenvalue weighted by Crippen LogP contribution is 2.64. The van der Waals surface area contributed by atoms with Crippen molar-refractivity contribution in [2.75, 3.05) is 0 Å². The van der Waals surface area contributed by atoms with Crippen LogP contribution >= 0.6 is 23.2 Å². The Bertz CT molecular complexity index is 365. The summed E-state index contributed by atoms with van der Waals surface area (Å²) in [5, 5.41) is 0. The molecule has 15 heavy (non-hydrogen) atoms. The molecule has 0 unspecified atom stereocenters. The zero-order chi connectivity index (χ0) is 11.3. The van der Waals surface area contributed by atoms with Crippen LogP contribution in [0.25, 0.3) is 0 Å². The van der Waals surface area contributed by atoms with Gasteiger partial charge in [0, 0.05) is 5.41 Å². The molecule has 1 atom stereocenters. The van der Waals surface area contributed by atoms with Gasteiger partial charge in [-0.2, -0.15) is 0 Å². The van der Waals surface area contributed by atoms with Crippen molar-refractivity contribution in [3.05, 3.63) is 35.4 Å². The maximum Gasteiger partial charge on any atom is 0.128 e. The molecule has 1 aromatic carbocycles. The predicted molar refractivity (Wildman–Crippen MR) is 66.9 cm³/mol. The molecule has 2 rings (SSSR count). The van der Waals surface area contributed by atoms with Crippen LogP contribution in [0.2, 0.25) is 0 Å². The molecule has 82 valence electrons. The number of hydrogen-bond acceptors (Lipinski definition) is 0. The lowest BCUT2D eigenvalue weighted by Crippen LogP contribution is -2.09. The van der Waals surface area contributed by atoms with Crippen LogP contribution in [0.1, 0.15) is 44.2 Å². The minimum Gasteiger partial charge on any atom is -0.101 e. The summed E-state index contributed by atoms with van der Waals surface area (Å²) in [5.41, 5.74) is 2.56. The Kier molecular flexibility index (Phi) is 2.56. The molecule has 1 fully saturated rings. The molecule has 0 N–H and O–H groups in total. The fourth-order valence-corrected chi connectivity index (χ4v) is 2.70. The molecule has 2 heteroatoms. The van der Waals surface area contributed by atoms with Crippen LogP contribution in [0.15, 0.2) is 24.3 Å². The molecular weight excluding hydrogens is 227 g/mol. The molecule has 1 aliphatic carbocycles. The van der Waals surface area contributed by atoms with Gasteiger partial charge < -0.3 is 0 Å². The van der Waals surface area contributed by atoms with E-state index in [1.165, 1.54) is 11.1 Å². The van der Waals surface area contributed by atoms with Gasteiger partial charge in [0.1, 0.15) is 4.33 Å². The maximum absolute atomic E-state index is 6.15. The first-order valence-electron chi connectivity index (χ1n) is 5.35. The van der Waals surface area contributed by atoms with Crippen molar-refractivity contribution < 1.29 is 0 Å². The molecule has 0 nitrogen and oxygen atoms in total. The first kappa shape index (κ1) is 11.3. The van der Waals surface area contributed by atoms with Gasteiger partial charge in [-0.05, 0) is 23.5 Å². The molecule has 0 spiro atoms. The van der Waals surface area contributed by atoms with Gasteiger partial charge in [-0.25, -0.2) is 0 Å². The van der Waals surface area contributed by atoms with E-state index in [0.717, 1.165) is 6.42 Å². The van der Waals surface area contributed by atoms with Gasteiger partial charge in [0.2, 0.25) is 0 Å². The van der Waals surface area contributed by atoms with E-state index < -0.39 is 4.33 Å². The lowest BCUT2D eigenvalue weighted by Gasteiger charge is -2.14. The van der Waals surface area contributed by atoms with Crippen molar-refractivity contribution >= 4 is 23.2 Å². The summed E-state index contributed by atoms with van der Waals surface area (Å²) in [6.45, 7) is 6.51.